The third-order valence-electron chi connectivity index (χ3n) is 8.50. The largest absolute Gasteiger partial charge is 0.481 e. The van der Waals surface area contributed by atoms with Crippen LogP contribution in [0.15, 0.2) is 16.3 Å². The zero-order valence-corrected chi connectivity index (χ0v) is 15.4. The number of aliphatic hydroxyl groups is 1. The number of carboxylic acids is 1. The number of aliphatic carboxylic acids is 1. The summed E-state index contributed by atoms with van der Waals surface area (Å²) in [5, 5.41) is 24.9. The first kappa shape index (κ1) is 16.5. The SMILES string of the molecule is CC12Cc3cnoc3C=C1CCC1C2C(O)CC2(C)C(C(=O)O)CCC12. The third kappa shape index (κ3) is 1.95. The lowest BCUT2D eigenvalue weighted by Gasteiger charge is -2.59. The first-order valence-corrected chi connectivity index (χ1v) is 9.90. The number of carboxylic acid groups (broad SMARTS) is 1. The molecule has 3 fully saturated rings. The lowest BCUT2D eigenvalue weighted by atomic mass is 9.46. The molecule has 0 aromatic carbocycles. The zero-order valence-electron chi connectivity index (χ0n) is 15.4. The standard InChI is InChI=1S/C21H27NO4/c1-20-8-11-10-22-26-17(11)7-12(20)3-4-13-14-5-6-15(19(24)25)21(14,2)9-16(23)18(13)20/h7,10,13-16,18,23H,3-6,8-9H2,1-2H3,(H,24,25). The monoisotopic (exact) mass is 357 g/mol. The van der Waals surface area contributed by atoms with Gasteiger partial charge in [-0.1, -0.05) is 24.6 Å². The number of fused-ring (bicyclic) bond motifs is 6. The number of hydrogen-bond donors (Lipinski definition) is 2. The number of aliphatic hydroxyl groups excluding tert-OH is 1. The molecule has 5 nitrogen and oxygen atoms in total. The van der Waals surface area contributed by atoms with E-state index in [0.29, 0.717) is 18.3 Å². The van der Waals surface area contributed by atoms with Gasteiger partial charge in [0.2, 0.25) is 0 Å². The maximum atomic E-state index is 11.8. The third-order valence-corrected chi connectivity index (χ3v) is 8.50. The van der Waals surface area contributed by atoms with Crippen molar-refractivity contribution in [3.63, 3.8) is 0 Å². The van der Waals surface area contributed by atoms with Gasteiger partial charge in [0.25, 0.3) is 0 Å². The van der Waals surface area contributed by atoms with Gasteiger partial charge in [-0.05, 0) is 73.2 Å². The molecule has 0 aliphatic heterocycles. The fourth-order valence-corrected chi connectivity index (χ4v) is 7.42. The smallest absolute Gasteiger partial charge is 0.307 e. The Bertz CT molecular complexity index is 798. The Morgan fingerprint density at radius 3 is 2.88 bits per heavy atom. The number of aromatic nitrogens is 1. The van der Waals surface area contributed by atoms with Crippen LogP contribution in [0, 0.1) is 34.5 Å². The number of rotatable bonds is 1. The molecule has 1 aromatic rings. The van der Waals surface area contributed by atoms with E-state index >= 15 is 0 Å². The van der Waals surface area contributed by atoms with Crippen molar-refractivity contribution < 1.29 is 19.5 Å². The van der Waals surface area contributed by atoms with E-state index in [9.17, 15) is 15.0 Å². The molecule has 5 heteroatoms. The van der Waals surface area contributed by atoms with Crippen molar-refractivity contribution in [2.24, 2.45) is 34.5 Å². The Morgan fingerprint density at radius 2 is 2.12 bits per heavy atom. The van der Waals surface area contributed by atoms with Gasteiger partial charge < -0.3 is 14.7 Å². The van der Waals surface area contributed by atoms with Crippen LogP contribution in [0.1, 0.15) is 57.3 Å². The van der Waals surface area contributed by atoms with E-state index in [-0.39, 0.29) is 22.7 Å². The fourth-order valence-electron chi connectivity index (χ4n) is 7.42. The molecule has 0 radical (unpaired) electrons. The Hall–Kier alpha value is -1.62. The van der Waals surface area contributed by atoms with Gasteiger partial charge in [0, 0.05) is 5.56 Å². The van der Waals surface area contributed by atoms with Crippen molar-refractivity contribution in [1.29, 1.82) is 0 Å². The summed E-state index contributed by atoms with van der Waals surface area (Å²) < 4.78 is 5.38. The fraction of sp³-hybridized carbons (Fsp3) is 0.714. The van der Waals surface area contributed by atoms with Crippen LogP contribution in [0.4, 0.5) is 0 Å². The molecule has 0 saturated heterocycles. The number of carbonyl (C=O) groups is 1. The Morgan fingerprint density at radius 1 is 1.31 bits per heavy atom. The molecule has 1 heterocycles. The molecule has 2 N–H and O–H groups in total. The van der Waals surface area contributed by atoms with Gasteiger partial charge in [0.05, 0.1) is 18.2 Å². The summed E-state index contributed by atoms with van der Waals surface area (Å²) in [6.45, 7) is 4.41. The van der Waals surface area contributed by atoms with Gasteiger partial charge in [-0.2, -0.15) is 0 Å². The minimum absolute atomic E-state index is 0.0798. The minimum Gasteiger partial charge on any atom is -0.481 e. The Labute approximate surface area is 153 Å². The van der Waals surface area contributed by atoms with Crippen LogP contribution >= 0.6 is 0 Å². The highest BCUT2D eigenvalue weighted by atomic mass is 16.5. The molecule has 7 unspecified atom stereocenters. The normalized spacial score (nSPS) is 46.6. The highest BCUT2D eigenvalue weighted by Crippen LogP contribution is 2.66. The molecule has 140 valence electrons. The van der Waals surface area contributed by atoms with E-state index in [1.807, 2.05) is 6.20 Å². The lowest BCUT2D eigenvalue weighted by molar-refractivity contribution is -0.156. The van der Waals surface area contributed by atoms with Crippen LogP contribution in [0.3, 0.4) is 0 Å². The van der Waals surface area contributed by atoms with E-state index in [4.69, 9.17) is 4.52 Å². The Kier molecular flexibility index (Phi) is 3.32. The predicted octanol–water partition coefficient (Wildman–Crippen LogP) is 3.53. The number of allylic oxidation sites excluding steroid dienone is 1. The van der Waals surface area contributed by atoms with Crippen LogP contribution < -0.4 is 0 Å². The van der Waals surface area contributed by atoms with E-state index in [1.54, 1.807) is 0 Å². The Balaban J connectivity index is 1.55. The number of hydrogen-bond acceptors (Lipinski definition) is 4. The molecule has 26 heavy (non-hydrogen) atoms. The van der Waals surface area contributed by atoms with Crippen molar-refractivity contribution in [1.82, 2.24) is 5.16 Å². The first-order valence-electron chi connectivity index (χ1n) is 9.90. The highest BCUT2D eigenvalue weighted by Gasteiger charge is 2.63. The summed E-state index contributed by atoms with van der Waals surface area (Å²) in [6.07, 6.45) is 8.77. The van der Waals surface area contributed by atoms with Crippen LogP contribution in [0.25, 0.3) is 6.08 Å². The van der Waals surface area contributed by atoms with Gasteiger partial charge in [-0.3, -0.25) is 4.79 Å². The summed E-state index contributed by atoms with van der Waals surface area (Å²) in [4.78, 5) is 11.8. The van der Waals surface area contributed by atoms with Crippen LogP contribution in [-0.2, 0) is 11.2 Å². The minimum atomic E-state index is -0.685. The van der Waals surface area contributed by atoms with Crippen LogP contribution in [0.5, 0.6) is 0 Å². The molecule has 1 aromatic heterocycles. The van der Waals surface area contributed by atoms with Crippen molar-refractivity contribution >= 4 is 12.0 Å². The summed E-state index contributed by atoms with van der Waals surface area (Å²) in [5.74, 6) is 0.865. The predicted molar refractivity (Wildman–Crippen MR) is 95.1 cm³/mol. The highest BCUT2D eigenvalue weighted by molar-refractivity contribution is 5.71. The topological polar surface area (TPSA) is 83.6 Å². The van der Waals surface area contributed by atoms with Gasteiger partial charge in [-0.25, -0.2) is 0 Å². The summed E-state index contributed by atoms with van der Waals surface area (Å²) in [7, 11) is 0. The van der Waals surface area contributed by atoms with Crippen molar-refractivity contribution in [3.05, 3.63) is 23.1 Å². The maximum absolute atomic E-state index is 11.8. The van der Waals surface area contributed by atoms with E-state index < -0.39 is 12.1 Å². The van der Waals surface area contributed by atoms with E-state index in [2.05, 4.69) is 25.1 Å². The molecule has 0 spiro atoms. The first-order chi connectivity index (χ1) is 12.3. The molecule has 0 bridgehead atoms. The molecule has 7 atom stereocenters. The average Bonchev–Trinajstić information content (AvgIpc) is 3.14. The van der Waals surface area contributed by atoms with Gasteiger partial charge >= 0.3 is 5.97 Å². The van der Waals surface area contributed by atoms with Crippen molar-refractivity contribution in [2.75, 3.05) is 0 Å². The molecule has 0 amide bonds. The molecular weight excluding hydrogens is 330 g/mol. The van der Waals surface area contributed by atoms with Gasteiger partial charge in [0.15, 0.2) is 5.76 Å². The van der Waals surface area contributed by atoms with Crippen molar-refractivity contribution in [3.8, 4) is 0 Å². The van der Waals surface area contributed by atoms with Crippen molar-refractivity contribution in [2.45, 2.75) is 58.5 Å². The van der Waals surface area contributed by atoms with Gasteiger partial charge in [-0.15, -0.1) is 0 Å². The van der Waals surface area contributed by atoms with Crippen LogP contribution in [0.2, 0.25) is 0 Å². The molecule has 3 saturated carbocycles. The van der Waals surface area contributed by atoms with E-state index in [0.717, 1.165) is 43.4 Å². The molecule has 4 aliphatic carbocycles. The van der Waals surface area contributed by atoms with Gasteiger partial charge in [0.1, 0.15) is 0 Å². The van der Waals surface area contributed by atoms with E-state index in [1.165, 1.54) is 5.57 Å². The molecule has 4 aliphatic rings. The molecular formula is C21H27NO4. The summed E-state index contributed by atoms with van der Waals surface area (Å²) in [6, 6.07) is 0. The summed E-state index contributed by atoms with van der Waals surface area (Å²) >= 11 is 0. The second kappa shape index (κ2) is 5.22. The maximum Gasteiger partial charge on any atom is 0.307 e. The van der Waals surface area contributed by atoms with Crippen LogP contribution in [-0.4, -0.2) is 27.4 Å². The summed E-state index contributed by atoms with van der Waals surface area (Å²) in [5.41, 5.74) is 2.15. The molecule has 5 rings (SSSR count). The zero-order chi connectivity index (χ0) is 18.3. The lowest BCUT2D eigenvalue weighted by Crippen LogP contribution is -2.57. The quantitative estimate of drug-likeness (QED) is 0.803. The number of nitrogens with zero attached hydrogens (tertiary/aromatic N) is 1. The average molecular weight is 357 g/mol. The second-order valence-electron chi connectivity index (χ2n) is 9.56. The second-order valence-corrected chi connectivity index (χ2v) is 9.56.